The smallest absolute Gasteiger partial charge is 0.315 e. The molecule has 0 aliphatic rings. The van der Waals surface area contributed by atoms with Crippen molar-refractivity contribution in [3.63, 3.8) is 0 Å². The van der Waals surface area contributed by atoms with E-state index >= 15 is 0 Å². The van der Waals surface area contributed by atoms with Crippen molar-refractivity contribution in [1.82, 2.24) is 0 Å². The van der Waals surface area contributed by atoms with E-state index < -0.39 is 10.9 Å². The molecule has 0 saturated carbocycles. The van der Waals surface area contributed by atoms with Gasteiger partial charge in [-0.05, 0) is 18.4 Å². The van der Waals surface area contributed by atoms with E-state index in [0.29, 0.717) is 4.90 Å². The van der Waals surface area contributed by atoms with Gasteiger partial charge in [-0.2, -0.15) is 0 Å². The number of hydrogen-bond donors (Lipinski definition) is 0. The third kappa shape index (κ3) is 3.94. The van der Waals surface area contributed by atoms with Gasteiger partial charge in [0.1, 0.15) is 0 Å². The van der Waals surface area contributed by atoms with Gasteiger partial charge in [-0.25, -0.2) is 0 Å². The van der Waals surface area contributed by atoms with Crippen molar-refractivity contribution < 1.29 is 14.5 Å². The van der Waals surface area contributed by atoms with Crippen molar-refractivity contribution in [2.75, 3.05) is 19.1 Å². The quantitative estimate of drug-likeness (QED) is 0.355. The monoisotopic (exact) mass is 273 g/mol. The molecule has 1 aromatic carbocycles. The summed E-state index contributed by atoms with van der Waals surface area (Å²) in [6.45, 7) is 0. The van der Waals surface area contributed by atoms with Crippen molar-refractivity contribution in [3.8, 4) is 0 Å². The summed E-state index contributed by atoms with van der Waals surface area (Å²) in [7, 11) is 1.29. The Kier molecular flexibility index (Phi) is 5.30. The van der Waals surface area contributed by atoms with Crippen LogP contribution in [-0.4, -0.2) is 30.0 Å². The molecule has 0 spiro atoms. The fraction of sp³-hybridized carbons (Fsp3) is 0.300. The molecular weight excluding hydrogens is 262 g/mol. The summed E-state index contributed by atoms with van der Waals surface area (Å²) < 4.78 is 4.48. The van der Waals surface area contributed by atoms with Gasteiger partial charge in [0.15, 0.2) is 0 Å². The van der Waals surface area contributed by atoms with Gasteiger partial charge in [0.2, 0.25) is 0 Å². The predicted molar refractivity (Wildman–Crippen MR) is 67.6 cm³/mol. The minimum atomic E-state index is -0.445. The highest BCUT2D eigenvalue weighted by molar-refractivity contribution is 8.00. The van der Waals surface area contributed by atoms with Crippen molar-refractivity contribution in [2.24, 2.45) is 0 Å². The van der Waals surface area contributed by atoms with E-state index in [1.165, 1.54) is 24.9 Å². The number of carbonyl (C=O) groups is 1. The van der Waals surface area contributed by atoms with Crippen LogP contribution in [0.3, 0.4) is 0 Å². The van der Waals surface area contributed by atoms with Crippen LogP contribution < -0.4 is 0 Å². The number of nitro groups is 1. The van der Waals surface area contributed by atoms with Crippen LogP contribution in [0.1, 0.15) is 0 Å². The Balaban J connectivity index is 2.90. The summed E-state index contributed by atoms with van der Waals surface area (Å²) in [5, 5.41) is 10.9. The molecule has 0 unspecified atom stereocenters. The second-order valence-electron chi connectivity index (χ2n) is 2.96. The maximum absolute atomic E-state index is 11.0. The van der Waals surface area contributed by atoms with Crippen molar-refractivity contribution >= 4 is 35.2 Å². The molecule has 0 aliphatic heterocycles. The molecule has 0 radical (unpaired) electrons. The molecule has 1 aromatic rings. The predicted octanol–water partition coefficient (Wildman–Crippen LogP) is 2.58. The Hall–Kier alpha value is -1.21. The number of methoxy groups -OCH3 is 1. The molecule has 92 valence electrons. The number of nitrogens with zero attached hydrogens (tertiary/aromatic N) is 1. The Morgan fingerprint density at radius 2 is 2.24 bits per heavy atom. The highest BCUT2D eigenvalue weighted by Gasteiger charge is 2.16. The van der Waals surface area contributed by atoms with E-state index in [0.717, 1.165) is 16.7 Å². The van der Waals surface area contributed by atoms with Crippen LogP contribution in [0.2, 0.25) is 0 Å². The lowest BCUT2D eigenvalue weighted by atomic mass is 10.3. The Bertz CT molecular complexity index is 436. The second-order valence-corrected chi connectivity index (χ2v) is 4.85. The minimum absolute atomic E-state index is 0.0192. The van der Waals surface area contributed by atoms with E-state index in [-0.39, 0.29) is 11.4 Å². The molecule has 0 saturated heterocycles. The highest BCUT2D eigenvalue weighted by Crippen LogP contribution is 2.32. The SMILES string of the molecule is COC(=O)CSc1ccc(SC)cc1[N+](=O)[O-]. The van der Waals surface area contributed by atoms with Crippen molar-refractivity contribution in [2.45, 2.75) is 9.79 Å². The lowest BCUT2D eigenvalue weighted by Gasteiger charge is -2.03. The normalized spacial score (nSPS) is 10.0. The standard InChI is InChI=1S/C10H11NO4S2/c1-15-10(12)6-17-9-4-3-7(16-2)5-8(9)11(13)14/h3-5H,6H2,1-2H3. The average molecular weight is 273 g/mol. The number of carbonyl (C=O) groups excluding carboxylic acids is 1. The maximum atomic E-state index is 11.0. The van der Waals surface area contributed by atoms with Crippen molar-refractivity contribution in [3.05, 3.63) is 28.3 Å². The number of nitro benzene ring substituents is 1. The number of hydrogen-bond acceptors (Lipinski definition) is 6. The average Bonchev–Trinajstić information content (AvgIpc) is 2.35. The first-order valence-corrected chi connectivity index (χ1v) is 6.81. The van der Waals surface area contributed by atoms with Gasteiger partial charge in [-0.3, -0.25) is 14.9 Å². The lowest BCUT2D eigenvalue weighted by Crippen LogP contribution is -2.03. The fourth-order valence-corrected chi connectivity index (χ4v) is 2.35. The summed E-state index contributed by atoms with van der Waals surface area (Å²) >= 11 is 2.53. The summed E-state index contributed by atoms with van der Waals surface area (Å²) in [5.41, 5.74) is 0.0192. The van der Waals surface area contributed by atoms with Gasteiger partial charge in [-0.1, -0.05) is 0 Å². The summed E-state index contributed by atoms with van der Waals surface area (Å²) in [4.78, 5) is 22.7. The zero-order valence-electron chi connectivity index (χ0n) is 9.34. The molecule has 1 rings (SSSR count). The Morgan fingerprint density at radius 3 is 2.76 bits per heavy atom. The van der Waals surface area contributed by atoms with Gasteiger partial charge < -0.3 is 4.74 Å². The van der Waals surface area contributed by atoms with E-state index in [4.69, 9.17) is 0 Å². The third-order valence-corrected chi connectivity index (χ3v) is 3.70. The zero-order chi connectivity index (χ0) is 12.8. The van der Waals surface area contributed by atoms with E-state index in [2.05, 4.69) is 4.74 Å². The first kappa shape index (κ1) is 13.9. The molecule has 5 nitrogen and oxygen atoms in total. The van der Waals surface area contributed by atoms with Crippen LogP contribution in [0.25, 0.3) is 0 Å². The minimum Gasteiger partial charge on any atom is -0.468 e. The van der Waals surface area contributed by atoms with E-state index in [1.807, 2.05) is 6.26 Å². The molecule has 0 aromatic heterocycles. The maximum Gasteiger partial charge on any atom is 0.315 e. The molecular formula is C10H11NO4S2. The molecule has 0 atom stereocenters. The number of esters is 1. The number of benzene rings is 1. The fourth-order valence-electron chi connectivity index (χ4n) is 1.08. The largest absolute Gasteiger partial charge is 0.468 e. The number of thioether (sulfide) groups is 2. The molecule has 0 fully saturated rings. The Morgan fingerprint density at radius 1 is 1.53 bits per heavy atom. The van der Waals surface area contributed by atoms with Crippen LogP contribution in [0.15, 0.2) is 28.0 Å². The van der Waals surface area contributed by atoms with Gasteiger partial charge in [-0.15, -0.1) is 23.5 Å². The number of rotatable bonds is 5. The molecule has 0 amide bonds. The third-order valence-electron chi connectivity index (χ3n) is 1.94. The number of ether oxygens (including phenoxy) is 1. The van der Waals surface area contributed by atoms with Crippen molar-refractivity contribution in [1.29, 1.82) is 0 Å². The van der Waals surface area contributed by atoms with Gasteiger partial charge in [0.05, 0.1) is 22.7 Å². The van der Waals surface area contributed by atoms with Gasteiger partial charge >= 0.3 is 5.97 Å². The Labute approximate surface area is 107 Å². The highest BCUT2D eigenvalue weighted by atomic mass is 32.2. The second kappa shape index (κ2) is 6.51. The molecule has 17 heavy (non-hydrogen) atoms. The lowest BCUT2D eigenvalue weighted by molar-refractivity contribution is -0.387. The van der Waals surface area contributed by atoms with Gasteiger partial charge in [0, 0.05) is 11.0 Å². The summed E-state index contributed by atoms with van der Waals surface area (Å²) in [6, 6.07) is 4.94. The molecule has 0 aliphatic carbocycles. The van der Waals surface area contributed by atoms with E-state index in [9.17, 15) is 14.9 Å². The van der Waals surface area contributed by atoms with Crippen LogP contribution in [0.5, 0.6) is 0 Å². The molecule has 0 heterocycles. The van der Waals surface area contributed by atoms with E-state index in [1.54, 1.807) is 12.1 Å². The zero-order valence-corrected chi connectivity index (χ0v) is 11.0. The molecule has 7 heteroatoms. The van der Waals surface area contributed by atoms with Crippen LogP contribution in [0.4, 0.5) is 5.69 Å². The first-order chi connectivity index (χ1) is 8.08. The van der Waals surface area contributed by atoms with Gasteiger partial charge in [0.25, 0.3) is 5.69 Å². The van der Waals surface area contributed by atoms with Crippen LogP contribution in [0, 0.1) is 10.1 Å². The van der Waals surface area contributed by atoms with Crippen LogP contribution in [-0.2, 0) is 9.53 Å². The van der Waals surface area contributed by atoms with Crippen LogP contribution >= 0.6 is 23.5 Å². The molecule has 0 bridgehead atoms. The molecule has 0 N–H and O–H groups in total. The topological polar surface area (TPSA) is 69.4 Å². The first-order valence-electron chi connectivity index (χ1n) is 4.60. The summed E-state index contributed by atoms with van der Waals surface area (Å²) in [6.07, 6.45) is 1.85. The summed E-state index contributed by atoms with van der Waals surface area (Å²) in [5.74, 6) is -0.339.